The topological polar surface area (TPSA) is 59.8 Å². The fourth-order valence-corrected chi connectivity index (χ4v) is 2.54. The molecule has 0 aliphatic carbocycles. The summed E-state index contributed by atoms with van der Waals surface area (Å²) in [6.45, 7) is 2.02. The Morgan fingerprint density at radius 2 is 2.16 bits per heavy atom. The van der Waals surface area contributed by atoms with E-state index in [1.54, 1.807) is 12.3 Å². The minimum absolute atomic E-state index is 0.388. The van der Waals surface area contributed by atoms with Crippen molar-refractivity contribution in [3.8, 4) is 11.3 Å². The first-order valence-electron chi connectivity index (χ1n) is 6.55. The van der Waals surface area contributed by atoms with Gasteiger partial charge >= 0.3 is 0 Å². The van der Waals surface area contributed by atoms with E-state index in [-0.39, 0.29) is 0 Å². The van der Waals surface area contributed by atoms with Crippen LogP contribution in [-0.4, -0.2) is 34.4 Å². The van der Waals surface area contributed by atoms with Crippen LogP contribution in [0.25, 0.3) is 11.3 Å². The molecular formula is C14H16N4O. The van der Waals surface area contributed by atoms with Gasteiger partial charge in [0, 0.05) is 11.1 Å². The molecule has 5 heteroatoms. The highest BCUT2D eigenvalue weighted by Gasteiger charge is 2.19. The average Bonchev–Trinajstić information content (AvgIpc) is 2.98. The molecule has 1 aromatic heterocycles. The van der Waals surface area contributed by atoms with Gasteiger partial charge in [0.25, 0.3) is 0 Å². The predicted molar refractivity (Wildman–Crippen MR) is 72.0 cm³/mol. The van der Waals surface area contributed by atoms with E-state index in [0.29, 0.717) is 11.6 Å². The lowest BCUT2D eigenvalue weighted by molar-refractivity contribution is 0.112. The Bertz CT molecular complexity index is 572. The van der Waals surface area contributed by atoms with Crippen LogP contribution in [0.5, 0.6) is 0 Å². The molecule has 0 atom stereocenters. The fourth-order valence-electron chi connectivity index (χ4n) is 2.54. The lowest BCUT2D eigenvalue weighted by Gasteiger charge is -2.24. The SMILES string of the molecule is O=Cc1cccc(-c2cnnn2C2CCNCC2)c1. The molecule has 1 aliphatic rings. The van der Waals surface area contributed by atoms with Gasteiger partial charge in [0.15, 0.2) is 0 Å². The van der Waals surface area contributed by atoms with Gasteiger partial charge in [0.1, 0.15) is 6.29 Å². The van der Waals surface area contributed by atoms with Gasteiger partial charge in [-0.3, -0.25) is 4.79 Å². The second kappa shape index (κ2) is 5.32. The van der Waals surface area contributed by atoms with Crippen molar-refractivity contribution in [3.63, 3.8) is 0 Å². The third kappa shape index (κ3) is 2.42. The first-order chi connectivity index (χ1) is 9.38. The smallest absolute Gasteiger partial charge is 0.150 e. The largest absolute Gasteiger partial charge is 0.317 e. The maximum Gasteiger partial charge on any atom is 0.150 e. The zero-order valence-electron chi connectivity index (χ0n) is 10.6. The molecule has 1 aromatic carbocycles. The van der Waals surface area contributed by atoms with E-state index in [2.05, 4.69) is 15.6 Å². The number of hydrogen-bond donors (Lipinski definition) is 1. The molecule has 98 valence electrons. The van der Waals surface area contributed by atoms with Crippen molar-refractivity contribution in [2.75, 3.05) is 13.1 Å². The van der Waals surface area contributed by atoms with Crippen molar-refractivity contribution < 1.29 is 4.79 Å². The van der Waals surface area contributed by atoms with E-state index in [4.69, 9.17) is 0 Å². The lowest BCUT2D eigenvalue weighted by Crippen LogP contribution is -2.30. The highest BCUT2D eigenvalue weighted by atomic mass is 16.1. The third-order valence-electron chi connectivity index (χ3n) is 3.55. The molecular weight excluding hydrogens is 240 g/mol. The van der Waals surface area contributed by atoms with Crippen LogP contribution in [0.1, 0.15) is 29.2 Å². The second-order valence-electron chi connectivity index (χ2n) is 4.79. The van der Waals surface area contributed by atoms with Gasteiger partial charge in [-0.15, -0.1) is 5.10 Å². The number of nitrogens with zero attached hydrogens (tertiary/aromatic N) is 3. The summed E-state index contributed by atoms with van der Waals surface area (Å²) >= 11 is 0. The summed E-state index contributed by atoms with van der Waals surface area (Å²) in [6, 6.07) is 7.94. The molecule has 19 heavy (non-hydrogen) atoms. The van der Waals surface area contributed by atoms with E-state index in [1.807, 2.05) is 22.9 Å². The van der Waals surface area contributed by atoms with E-state index < -0.39 is 0 Å². The van der Waals surface area contributed by atoms with Gasteiger partial charge in [-0.1, -0.05) is 23.4 Å². The molecule has 0 bridgehead atoms. The number of aldehydes is 1. The van der Waals surface area contributed by atoms with Crippen LogP contribution >= 0.6 is 0 Å². The molecule has 5 nitrogen and oxygen atoms in total. The Balaban J connectivity index is 1.96. The lowest BCUT2D eigenvalue weighted by atomic mass is 10.0. The number of benzene rings is 1. The van der Waals surface area contributed by atoms with Crippen LogP contribution in [0.15, 0.2) is 30.5 Å². The predicted octanol–water partition coefficient (Wildman–Crippen LogP) is 1.68. The highest BCUT2D eigenvalue weighted by Crippen LogP contribution is 2.26. The van der Waals surface area contributed by atoms with Crippen molar-refractivity contribution in [1.82, 2.24) is 20.3 Å². The first kappa shape index (κ1) is 12.0. The molecule has 0 saturated carbocycles. The summed E-state index contributed by atoms with van der Waals surface area (Å²) in [6.07, 6.45) is 4.75. The summed E-state index contributed by atoms with van der Waals surface area (Å²) in [4.78, 5) is 10.9. The number of carbonyl (C=O) groups excluding carboxylic acids is 1. The maximum atomic E-state index is 10.9. The normalized spacial score (nSPS) is 16.4. The first-order valence-corrected chi connectivity index (χ1v) is 6.55. The minimum atomic E-state index is 0.388. The van der Waals surface area contributed by atoms with Gasteiger partial charge in [-0.25, -0.2) is 4.68 Å². The van der Waals surface area contributed by atoms with Gasteiger partial charge in [-0.05, 0) is 32.0 Å². The maximum absolute atomic E-state index is 10.9. The molecule has 1 fully saturated rings. The molecule has 1 saturated heterocycles. The molecule has 1 aliphatic heterocycles. The molecule has 1 N–H and O–H groups in total. The Morgan fingerprint density at radius 1 is 1.32 bits per heavy atom. The van der Waals surface area contributed by atoms with Crippen molar-refractivity contribution in [2.45, 2.75) is 18.9 Å². The van der Waals surface area contributed by atoms with E-state index in [9.17, 15) is 4.79 Å². The second-order valence-corrected chi connectivity index (χ2v) is 4.79. The zero-order valence-corrected chi connectivity index (χ0v) is 10.6. The number of carbonyl (C=O) groups is 1. The molecule has 2 aromatic rings. The van der Waals surface area contributed by atoms with Crippen LogP contribution in [0.2, 0.25) is 0 Å². The zero-order chi connectivity index (χ0) is 13.1. The summed E-state index contributed by atoms with van der Waals surface area (Å²) in [5.74, 6) is 0. The average molecular weight is 256 g/mol. The number of aromatic nitrogens is 3. The number of hydrogen-bond acceptors (Lipinski definition) is 4. The minimum Gasteiger partial charge on any atom is -0.317 e. The Labute approximate surface area is 111 Å². The number of piperidine rings is 1. The van der Waals surface area contributed by atoms with Crippen LogP contribution < -0.4 is 5.32 Å². The van der Waals surface area contributed by atoms with Crippen molar-refractivity contribution in [3.05, 3.63) is 36.0 Å². The van der Waals surface area contributed by atoms with Gasteiger partial charge < -0.3 is 5.32 Å². The highest BCUT2D eigenvalue weighted by molar-refractivity contribution is 5.78. The quantitative estimate of drug-likeness (QED) is 0.849. The van der Waals surface area contributed by atoms with Crippen LogP contribution in [0, 0.1) is 0 Å². The number of rotatable bonds is 3. The monoisotopic (exact) mass is 256 g/mol. The molecule has 2 heterocycles. The van der Waals surface area contributed by atoms with E-state index in [1.165, 1.54) is 0 Å². The molecule has 0 amide bonds. The summed E-state index contributed by atoms with van der Waals surface area (Å²) in [5, 5.41) is 11.6. The third-order valence-corrected chi connectivity index (χ3v) is 3.55. The van der Waals surface area contributed by atoms with Crippen molar-refractivity contribution in [2.24, 2.45) is 0 Å². The summed E-state index contributed by atoms with van der Waals surface area (Å²) in [7, 11) is 0. The summed E-state index contributed by atoms with van der Waals surface area (Å²) < 4.78 is 1.99. The molecule has 0 radical (unpaired) electrons. The van der Waals surface area contributed by atoms with Gasteiger partial charge in [-0.2, -0.15) is 0 Å². The standard InChI is InChI=1S/C14H16N4O/c19-10-11-2-1-3-12(8-11)14-9-16-17-18(14)13-4-6-15-7-5-13/h1-3,8-10,13,15H,4-7H2. The van der Waals surface area contributed by atoms with Gasteiger partial charge in [0.05, 0.1) is 17.9 Å². The van der Waals surface area contributed by atoms with E-state index >= 15 is 0 Å². The Kier molecular flexibility index (Phi) is 3.37. The van der Waals surface area contributed by atoms with Crippen LogP contribution in [0.3, 0.4) is 0 Å². The van der Waals surface area contributed by atoms with Crippen LogP contribution in [-0.2, 0) is 0 Å². The van der Waals surface area contributed by atoms with Crippen LogP contribution in [0.4, 0.5) is 0 Å². The van der Waals surface area contributed by atoms with Crippen molar-refractivity contribution in [1.29, 1.82) is 0 Å². The Morgan fingerprint density at radius 3 is 2.95 bits per heavy atom. The van der Waals surface area contributed by atoms with E-state index in [0.717, 1.165) is 43.5 Å². The summed E-state index contributed by atoms with van der Waals surface area (Å²) in [5.41, 5.74) is 2.65. The molecule has 3 rings (SSSR count). The van der Waals surface area contributed by atoms with Gasteiger partial charge in [0.2, 0.25) is 0 Å². The molecule has 0 spiro atoms. The fraction of sp³-hybridized carbons (Fsp3) is 0.357. The number of nitrogens with one attached hydrogen (secondary N) is 1. The Hall–Kier alpha value is -2.01. The molecule has 0 unspecified atom stereocenters. The van der Waals surface area contributed by atoms with Crippen molar-refractivity contribution >= 4 is 6.29 Å².